The van der Waals surface area contributed by atoms with Crippen LogP contribution in [0.3, 0.4) is 0 Å². The first kappa shape index (κ1) is 14.4. The van der Waals surface area contributed by atoms with Crippen LogP contribution in [0, 0.1) is 0 Å². The lowest BCUT2D eigenvalue weighted by Crippen LogP contribution is -2.50. The van der Waals surface area contributed by atoms with E-state index >= 15 is 0 Å². The molecule has 0 aliphatic carbocycles. The standard InChI is InChI=1S/C14H25NO2S/c1-2-6-15(7-8-16)13-3-9-17-14(12-13)4-10-18-11-5-14/h2,13,16H,1,3-12H2. The van der Waals surface area contributed by atoms with Gasteiger partial charge in [0, 0.05) is 25.7 Å². The van der Waals surface area contributed by atoms with Crippen LogP contribution in [0.15, 0.2) is 12.7 Å². The molecule has 0 aromatic heterocycles. The van der Waals surface area contributed by atoms with Gasteiger partial charge in [-0.1, -0.05) is 6.08 Å². The number of aliphatic hydroxyl groups excluding tert-OH is 1. The van der Waals surface area contributed by atoms with Gasteiger partial charge < -0.3 is 9.84 Å². The molecule has 0 bridgehead atoms. The van der Waals surface area contributed by atoms with Crippen molar-refractivity contribution >= 4 is 11.8 Å². The summed E-state index contributed by atoms with van der Waals surface area (Å²) in [6.45, 7) is 6.55. The Labute approximate surface area is 115 Å². The minimum absolute atomic E-state index is 0.128. The highest BCUT2D eigenvalue weighted by molar-refractivity contribution is 7.99. The fraction of sp³-hybridized carbons (Fsp3) is 0.857. The summed E-state index contributed by atoms with van der Waals surface area (Å²) in [6.07, 6.45) is 6.53. The molecule has 2 fully saturated rings. The molecule has 104 valence electrons. The molecule has 1 atom stereocenters. The summed E-state index contributed by atoms with van der Waals surface area (Å²) in [4.78, 5) is 2.36. The van der Waals surface area contributed by atoms with E-state index < -0.39 is 0 Å². The molecule has 3 nitrogen and oxygen atoms in total. The molecular weight excluding hydrogens is 246 g/mol. The normalized spacial score (nSPS) is 27.6. The Morgan fingerprint density at radius 3 is 2.89 bits per heavy atom. The molecule has 0 radical (unpaired) electrons. The van der Waals surface area contributed by atoms with E-state index in [-0.39, 0.29) is 12.2 Å². The highest BCUT2D eigenvalue weighted by Crippen LogP contribution is 2.38. The number of aliphatic hydroxyl groups is 1. The van der Waals surface area contributed by atoms with Gasteiger partial charge in [-0.15, -0.1) is 6.58 Å². The molecule has 0 saturated carbocycles. The summed E-state index contributed by atoms with van der Waals surface area (Å²) in [5.74, 6) is 2.46. The van der Waals surface area contributed by atoms with Crippen molar-refractivity contribution in [1.82, 2.24) is 4.90 Å². The number of hydrogen-bond acceptors (Lipinski definition) is 4. The molecule has 2 heterocycles. The molecule has 18 heavy (non-hydrogen) atoms. The van der Waals surface area contributed by atoms with E-state index in [1.807, 2.05) is 17.8 Å². The number of nitrogens with zero attached hydrogens (tertiary/aromatic N) is 1. The molecular formula is C14H25NO2S. The number of thioether (sulfide) groups is 1. The maximum atomic E-state index is 9.19. The average molecular weight is 271 g/mol. The predicted octanol–water partition coefficient (Wildman–Crippen LogP) is 1.91. The van der Waals surface area contributed by atoms with Crippen LogP contribution in [0.2, 0.25) is 0 Å². The second-order valence-electron chi connectivity index (χ2n) is 5.30. The van der Waals surface area contributed by atoms with Gasteiger partial charge in [-0.3, -0.25) is 4.90 Å². The van der Waals surface area contributed by atoms with E-state index in [1.165, 1.54) is 24.3 Å². The monoisotopic (exact) mass is 271 g/mol. The number of hydrogen-bond donors (Lipinski definition) is 1. The Kier molecular flexibility index (Phi) is 5.55. The van der Waals surface area contributed by atoms with E-state index in [0.29, 0.717) is 6.04 Å². The summed E-state index contributed by atoms with van der Waals surface area (Å²) < 4.78 is 6.11. The highest BCUT2D eigenvalue weighted by atomic mass is 32.2. The van der Waals surface area contributed by atoms with Crippen molar-refractivity contribution in [3.63, 3.8) is 0 Å². The molecule has 2 rings (SSSR count). The Balaban J connectivity index is 1.97. The average Bonchev–Trinajstić information content (AvgIpc) is 2.39. The first-order valence-corrected chi connectivity index (χ1v) is 8.13. The van der Waals surface area contributed by atoms with Gasteiger partial charge in [0.25, 0.3) is 0 Å². The van der Waals surface area contributed by atoms with Crippen molar-refractivity contribution in [2.45, 2.75) is 37.3 Å². The van der Waals surface area contributed by atoms with Gasteiger partial charge in [0.2, 0.25) is 0 Å². The van der Waals surface area contributed by atoms with Gasteiger partial charge in [0.15, 0.2) is 0 Å². The van der Waals surface area contributed by atoms with Crippen molar-refractivity contribution in [2.75, 3.05) is 37.8 Å². The second-order valence-corrected chi connectivity index (χ2v) is 6.52. The first-order chi connectivity index (χ1) is 8.79. The zero-order chi connectivity index (χ0) is 12.8. The van der Waals surface area contributed by atoms with Crippen molar-refractivity contribution < 1.29 is 9.84 Å². The lowest BCUT2D eigenvalue weighted by molar-refractivity contribution is -0.110. The molecule has 2 aliphatic heterocycles. The topological polar surface area (TPSA) is 32.7 Å². The lowest BCUT2D eigenvalue weighted by atomic mass is 9.85. The fourth-order valence-electron chi connectivity index (χ4n) is 3.12. The van der Waals surface area contributed by atoms with Crippen molar-refractivity contribution in [1.29, 1.82) is 0 Å². The second kappa shape index (κ2) is 6.94. The van der Waals surface area contributed by atoms with Crippen LogP contribution in [0.1, 0.15) is 25.7 Å². The van der Waals surface area contributed by atoms with Gasteiger partial charge >= 0.3 is 0 Å². The van der Waals surface area contributed by atoms with E-state index in [9.17, 15) is 5.11 Å². The third-order valence-electron chi connectivity index (χ3n) is 4.14. The molecule has 0 amide bonds. The molecule has 4 heteroatoms. The predicted molar refractivity (Wildman–Crippen MR) is 77.1 cm³/mol. The molecule has 2 aliphatic rings. The van der Waals surface area contributed by atoms with E-state index in [1.54, 1.807) is 0 Å². The summed E-state index contributed by atoms with van der Waals surface area (Å²) in [6, 6.07) is 0.548. The van der Waals surface area contributed by atoms with Crippen LogP contribution >= 0.6 is 11.8 Å². The maximum absolute atomic E-state index is 9.19. The maximum Gasteiger partial charge on any atom is 0.0713 e. The summed E-state index contributed by atoms with van der Waals surface area (Å²) in [5.41, 5.74) is 0.128. The van der Waals surface area contributed by atoms with Crippen LogP contribution in [0.4, 0.5) is 0 Å². The van der Waals surface area contributed by atoms with E-state index in [4.69, 9.17) is 4.74 Å². The summed E-state index contributed by atoms with van der Waals surface area (Å²) in [5, 5.41) is 9.19. The third-order valence-corrected chi connectivity index (χ3v) is 5.12. The zero-order valence-electron chi connectivity index (χ0n) is 11.1. The molecule has 0 aromatic rings. The van der Waals surface area contributed by atoms with Crippen LogP contribution in [0.25, 0.3) is 0 Å². The minimum Gasteiger partial charge on any atom is -0.395 e. The van der Waals surface area contributed by atoms with Gasteiger partial charge in [-0.05, 0) is 37.2 Å². The highest BCUT2D eigenvalue weighted by Gasteiger charge is 2.40. The Morgan fingerprint density at radius 2 is 2.22 bits per heavy atom. The first-order valence-electron chi connectivity index (χ1n) is 6.97. The van der Waals surface area contributed by atoms with E-state index in [2.05, 4.69) is 11.5 Å². The third kappa shape index (κ3) is 3.50. The SMILES string of the molecule is C=CCN(CCO)C1CCOC2(CCSCC2)C1. The molecule has 0 aromatic carbocycles. The largest absolute Gasteiger partial charge is 0.395 e. The van der Waals surface area contributed by atoms with Crippen LogP contribution in [-0.2, 0) is 4.74 Å². The lowest BCUT2D eigenvalue weighted by Gasteiger charge is -2.46. The minimum atomic E-state index is 0.128. The Morgan fingerprint density at radius 1 is 1.44 bits per heavy atom. The molecule has 1 N–H and O–H groups in total. The zero-order valence-corrected chi connectivity index (χ0v) is 12.0. The molecule has 1 spiro atoms. The summed E-state index contributed by atoms with van der Waals surface area (Å²) in [7, 11) is 0. The summed E-state index contributed by atoms with van der Waals surface area (Å²) >= 11 is 2.04. The fourth-order valence-corrected chi connectivity index (χ4v) is 4.36. The van der Waals surface area contributed by atoms with Crippen LogP contribution in [0.5, 0.6) is 0 Å². The van der Waals surface area contributed by atoms with Crippen molar-refractivity contribution in [3.05, 3.63) is 12.7 Å². The Bertz CT molecular complexity index is 261. The quantitative estimate of drug-likeness (QED) is 0.774. The number of ether oxygens (including phenoxy) is 1. The van der Waals surface area contributed by atoms with Gasteiger partial charge in [0.1, 0.15) is 0 Å². The smallest absolute Gasteiger partial charge is 0.0713 e. The Hall–Kier alpha value is -0.0300. The molecule has 2 saturated heterocycles. The van der Waals surface area contributed by atoms with Gasteiger partial charge in [-0.25, -0.2) is 0 Å². The van der Waals surface area contributed by atoms with Crippen LogP contribution < -0.4 is 0 Å². The molecule has 1 unspecified atom stereocenters. The van der Waals surface area contributed by atoms with Crippen molar-refractivity contribution in [2.24, 2.45) is 0 Å². The van der Waals surface area contributed by atoms with Crippen molar-refractivity contribution in [3.8, 4) is 0 Å². The van der Waals surface area contributed by atoms with E-state index in [0.717, 1.165) is 32.5 Å². The van der Waals surface area contributed by atoms with Crippen LogP contribution in [-0.4, -0.2) is 59.5 Å². The van der Waals surface area contributed by atoms with Gasteiger partial charge in [0.05, 0.1) is 12.2 Å². The van der Waals surface area contributed by atoms with Gasteiger partial charge in [-0.2, -0.15) is 11.8 Å². The number of rotatable bonds is 5.